The Balaban J connectivity index is 2.00. The van der Waals surface area contributed by atoms with Crippen LogP contribution in [0.15, 0.2) is 11.6 Å². The average molecular weight is 398 g/mol. The first-order valence-electron chi connectivity index (χ1n) is 9.98. The predicted molar refractivity (Wildman–Crippen MR) is 105 cm³/mol. The lowest BCUT2D eigenvalue weighted by molar-refractivity contribution is -0.156. The maximum Gasteiger partial charge on any atom is 0.312 e. The number of likely N-dealkylation sites (N-methyl/N-ethyl adjacent to an activating group) is 1. The summed E-state index contributed by atoms with van der Waals surface area (Å²) in [5.41, 5.74) is -0.844. The number of rotatable bonds is 8. The zero-order valence-electron chi connectivity index (χ0n) is 18.0. The van der Waals surface area contributed by atoms with Crippen molar-refractivity contribution in [2.24, 2.45) is 11.3 Å². The second kappa shape index (κ2) is 9.03. The van der Waals surface area contributed by atoms with Crippen molar-refractivity contribution < 1.29 is 28.9 Å². The van der Waals surface area contributed by atoms with E-state index in [1.54, 1.807) is 0 Å². The number of ketones is 1. The molecule has 4 atom stereocenters. The Labute approximate surface area is 168 Å². The van der Waals surface area contributed by atoms with E-state index in [9.17, 15) is 14.7 Å². The summed E-state index contributed by atoms with van der Waals surface area (Å²) in [6, 6.07) is 0. The second-order valence-corrected chi connectivity index (χ2v) is 8.75. The molecule has 0 aromatic heterocycles. The van der Waals surface area contributed by atoms with Crippen molar-refractivity contribution in [3.05, 3.63) is 11.6 Å². The maximum absolute atomic E-state index is 12.8. The van der Waals surface area contributed by atoms with Gasteiger partial charge in [0.1, 0.15) is 18.3 Å². The second-order valence-electron chi connectivity index (χ2n) is 8.75. The van der Waals surface area contributed by atoms with E-state index in [0.717, 1.165) is 6.54 Å². The van der Waals surface area contributed by atoms with E-state index in [4.69, 9.17) is 14.2 Å². The van der Waals surface area contributed by atoms with E-state index in [0.29, 0.717) is 25.0 Å². The lowest BCUT2D eigenvalue weighted by Gasteiger charge is -2.31. The summed E-state index contributed by atoms with van der Waals surface area (Å²) < 4.78 is 16.4. The third-order valence-electron chi connectivity index (χ3n) is 6.45. The van der Waals surface area contributed by atoms with Crippen molar-refractivity contribution in [3.8, 4) is 0 Å². The molecule has 0 aromatic carbocycles. The molecule has 0 aromatic rings. The molecule has 0 spiro atoms. The number of hydrogen-bond acceptors (Lipinski definition) is 7. The lowest BCUT2D eigenvalue weighted by atomic mass is 9.75. The highest BCUT2D eigenvalue weighted by Gasteiger charge is 2.55. The number of methoxy groups -OCH3 is 1. The highest BCUT2D eigenvalue weighted by molar-refractivity contribution is 5.99. The van der Waals surface area contributed by atoms with Gasteiger partial charge in [0.05, 0.1) is 18.1 Å². The maximum atomic E-state index is 12.8. The SMILES string of the molecule is CO[C@@H]1CCN(C)C/C=C(/COC(=O)C(C)(C)[C@@H](C)C[C@@]2(CO)OC2C)C1=O. The number of aliphatic hydroxyl groups is 1. The van der Waals surface area contributed by atoms with Gasteiger partial charge in [0, 0.05) is 25.8 Å². The Morgan fingerprint density at radius 2 is 2.14 bits per heavy atom. The molecule has 1 saturated heterocycles. The molecule has 0 amide bonds. The standard InChI is InChI=1S/C21H35NO6/c1-14(11-21(13-23)15(2)28-21)20(3,4)19(25)27-12-16-7-9-22(5)10-8-17(26-6)18(16)24/h7,14-15,17,23H,8-13H2,1-6H3/b16-7-/t14-,15?,17+,21-/m0/s1. The molecule has 0 bridgehead atoms. The van der Waals surface area contributed by atoms with E-state index in [1.807, 2.05) is 40.8 Å². The summed E-state index contributed by atoms with van der Waals surface area (Å²) in [4.78, 5) is 27.5. The van der Waals surface area contributed by atoms with Gasteiger partial charge >= 0.3 is 5.97 Å². The highest BCUT2D eigenvalue weighted by atomic mass is 16.6. The van der Waals surface area contributed by atoms with Crippen LogP contribution in [0.2, 0.25) is 0 Å². The quantitative estimate of drug-likeness (QED) is 0.491. The number of epoxide rings is 1. The van der Waals surface area contributed by atoms with Crippen molar-refractivity contribution in [2.45, 2.75) is 58.3 Å². The van der Waals surface area contributed by atoms with Crippen LogP contribution in [0, 0.1) is 11.3 Å². The summed E-state index contributed by atoms with van der Waals surface area (Å²) in [5, 5.41) is 9.60. The molecular weight excluding hydrogens is 362 g/mol. The van der Waals surface area contributed by atoms with Gasteiger partial charge in [-0.1, -0.05) is 13.0 Å². The van der Waals surface area contributed by atoms with E-state index in [1.165, 1.54) is 7.11 Å². The van der Waals surface area contributed by atoms with Gasteiger partial charge in [0.15, 0.2) is 5.78 Å². The topological polar surface area (TPSA) is 88.6 Å². The first-order valence-corrected chi connectivity index (χ1v) is 9.98. The fourth-order valence-electron chi connectivity index (χ4n) is 3.55. The molecule has 2 aliphatic rings. The number of aliphatic hydroxyl groups excluding tert-OH is 1. The first kappa shape index (κ1) is 23.0. The minimum atomic E-state index is -0.767. The fraction of sp³-hybridized carbons (Fsp3) is 0.810. The number of esters is 1. The van der Waals surface area contributed by atoms with Crippen LogP contribution in [0.3, 0.4) is 0 Å². The van der Waals surface area contributed by atoms with Crippen LogP contribution in [0.4, 0.5) is 0 Å². The summed E-state index contributed by atoms with van der Waals surface area (Å²) in [7, 11) is 3.50. The molecule has 1 fully saturated rings. The van der Waals surface area contributed by atoms with Crippen molar-refractivity contribution in [3.63, 3.8) is 0 Å². The molecule has 160 valence electrons. The molecule has 1 N–H and O–H groups in total. The largest absolute Gasteiger partial charge is 0.460 e. The molecule has 2 rings (SSSR count). The number of ether oxygens (including phenoxy) is 3. The Morgan fingerprint density at radius 1 is 1.50 bits per heavy atom. The minimum Gasteiger partial charge on any atom is -0.460 e. The van der Waals surface area contributed by atoms with Crippen molar-refractivity contribution in [1.82, 2.24) is 4.90 Å². The van der Waals surface area contributed by atoms with Crippen LogP contribution >= 0.6 is 0 Å². The fourth-order valence-corrected chi connectivity index (χ4v) is 3.55. The molecule has 2 heterocycles. The van der Waals surface area contributed by atoms with Crippen LogP contribution in [0.5, 0.6) is 0 Å². The number of Topliss-reactive ketones (excluding diaryl/α,β-unsaturated/α-hetero) is 1. The van der Waals surface area contributed by atoms with Gasteiger partial charge in [-0.3, -0.25) is 9.59 Å². The predicted octanol–water partition coefficient (Wildman–Crippen LogP) is 1.58. The van der Waals surface area contributed by atoms with Crippen LogP contribution in [0.1, 0.15) is 40.5 Å². The Bertz CT molecular complexity index is 612. The smallest absolute Gasteiger partial charge is 0.312 e. The van der Waals surface area contributed by atoms with Crippen molar-refractivity contribution in [1.29, 1.82) is 0 Å². The number of carbonyl (C=O) groups excluding carboxylic acids is 2. The van der Waals surface area contributed by atoms with Crippen LogP contribution in [-0.4, -0.2) is 80.0 Å². The third kappa shape index (κ3) is 5.00. The van der Waals surface area contributed by atoms with E-state index >= 15 is 0 Å². The van der Waals surface area contributed by atoms with Crippen LogP contribution < -0.4 is 0 Å². The molecule has 2 aliphatic heterocycles. The normalized spacial score (nSPS) is 32.1. The highest BCUT2D eigenvalue weighted by Crippen LogP contribution is 2.45. The molecule has 0 saturated carbocycles. The Morgan fingerprint density at radius 3 is 2.68 bits per heavy atom. The van der Waals surface area contributed by atoms with Crippen LogP contribution in [-0.2, 0) is 23.8 Å². The van der Waals surface area contributed by atoms with E-state index in [-0.39, 0.29) is 37.0 Å². The van der Waals surface area contributed by atoms with E-state index < -0.39 is 17.1 Å². The Kier molecular flexibility index (Phi) is 7.42. The number of carbonyl (C=O) groups is 2. The third-order valence-corrected chi connectivity index (χ3v) is 6.45. The van der Waals surface area contributed by atoms with Gasteiger partial charge in [0.2, 0.25) is 0 Å². The van der Waals surface area contributed by atoms with Gasteiger partial charge in [-0.2, -0.15) is 0 Å². The lowest BCUT2D eigenvalue weighted by Crippen LogP contribution is -2.38. The van der Waals surface area contributed by atoms with Crippen molar-refractivity contribution >= 4 is 11.8 Å². The van der Waals surface area contributed by atoms with Gasteiger partial charge in [-0.15, -0.1) is 0 Å². The van der Waals surface area contributed by atoms with Gasteiger partial charge < -0.3 is 24.2 Å². The first-order chi connectivity index (χ1) is 13.1. The average Bonchev–Trinajstić information content (AvgIpc) is 3.29. The molecule has 0 radical (unpaired) electrons. The van der Waals surface area contributed by atoms with Gasteiger partial charge in [-0.05, 0) is 46.6 Å². The Hall–Kier alpha value is -1.28. The number of hydrogen-bond donors (Lipinski definition) is 1. The molecule has 28 heavy (non-hydrogen) atoms. The van der Waals surface area contributed by atoms with Gasteiger partial charge in [0.25, 0.3) is 0 Å². The molecule has 0 aliphatic carbocycles. The summed E-state index contributed by atoms with van der Waals surface area (Å²) >= 11 is 0. The van der Waals surface area contributed by atoms with E-state index in [2.05, 4.69) is 4.90 Å². The molecule has 1 unspecified atom stereocenters. The summed E-state index contributed by atoms with van der Waals surface area (Å²) in [6.07, 6.45) is 2.48. The molecule has 7 nitrogen and oxygen atoms in total. The monoisotopic (exact) mass is 397 g/mol. The van der Waals surface area contributed by atoms with Gasteiger partial charge in [-0.25, -0.2) is 0 Å². The molecular formula is C21H35NO6. The molecule has 7 heteroatoms. The summed E-state index contributed by atoms with van der Waals surface area (Å²) in [6.45, 7) is 8.83. The van der Waals surface area contributed by atoms with Crippen LogP contribution in [0.25, 0.3) is 0 Å². The zero-order valence-corrected chi connectivity index (χ0v) is 18.0. The summed E-state index contributed by atoms with van der Waals surface area (Å²) in [5.74, 6) is -0.537. The number of nitrogens with zero attached hydrogens (tertiary/aromatic N) is 1. The van der Waals surface area contributed by atoms with Crippen molar-refractivity contribution in [2.75, 3.05) is 40.5 Å². The minimum absolute atomic E-state index is 0.00700. The zero-order chi connectivity index (χ0) is 21.1.